The average Bonchev–Trinajstić information content (AvgIpc) is 3.31. The molecule has 0 bridgehead atoms. The maximum absolute atomic E-state index is 12.7. The molecule has 0 radical (unpaired) electrons. The molecule has 1 aromatic heterocycles. The van der Waals surface area contributed by atoms with Crippen LogP contribution in [0.3, 0.4) is 0 Å². The molecule has 3 rings (SSSR count). The van der Waals surface area contributed by atoms with Crippen LogP contribution in [0, 0.1) is 0 Å². The summed E-state index contributed by atoms with van der Waals surface area (Å²) < 4.78 is 48.4. The summed E-state index contributed by atoms with van der Waals surface area (Å²) in [6.07, 6.45) is -2.71. The molecule has 0 atom stereocenters. The van der Waals surface area contributed by atoms with Crippen molar-refractivity contribution in [3.8, 4) is 16.9 Å². The molecular formula is C25H24F3NO4S. The van der Waals surface area contributed by atoms with E-state index in [1.54, 1.807) is 18.2 Å². The predicted octanol–water partition coefficient (Wildman–Crippen LogP) is 5.74. The Morgan fingerprint density at radius 3 is 2.21 bits per heavy atom. The number of aryl methyl sites for hydroxylation is 1. The minimum atomic E-state index is -4.35. The summed E-state index contributed by atoms with van der Waals surface area (Å²) in [6, 6.07) is 15.9. The first kappa shape index (κ1) is 25.3. The lowest BCUT2D eigenvalue weighted by atomic mass is 10.0. The molecule has 0 unspecified atom stereocenters. The van der Waals surface area contributed by atoms with Gasteiger partial charge in [0.05, 0.1) is 30.6 Å². The summed E-state index contributed by atoms with van der Waals surface area (Å²) in [4.78, 5) is 24.8. The smallest absolute Gasteiger partial charge is 0.416 e. The first-order chi connectivity index (χ1) is 16.3. The van der Waals surface area contributed by atoms with E-state index in [4.69, 9.17) is 4.74 Å². The number of benzene rings is 2. The van der Waals surface area contributed by atoms with Gasteiger partial charge in [0, 0.05) is 11.4 Å². The van der Waals surface area contributed by atoms with Gasteiger partial charge in [0.25, 0.3) is 5.91 Å². The van der Waals surface area contributed by atoms with Crippen LogP contribution in [-0.2, 0) is 22.1 Å². The van der Waals surface area contributed by atoms with Crippen molar-refractivity contribution in [2.75, 3.05) is 20.3 Å². The zero-order valence-electron chi connectivity index (χ0n) is 18.5. The van der Waals surface area contributed by atoms with Crippen molar-refractivity contribution >= 4 is 23.2 Å². The maximum atomic E-state index is 12.7. The number of carbonyl (C=O) groups is 2. The number of thiophene rings is 1. The van der Waals surface area contributed by atoms with Crippen molar-refractivity contribution in [1.29, 1.82) is 0 Å². The lowest BCUT2D eigenvalue weighted by Crippen LogP contribution is -2.25. The molecule has 0 spiro atoms. The number of carbonyl (C=O) groups excluding carboxylic acids is 2. The third-order valence-corrected chi connectivity index (χ3v) is 6.11. The fourth-order valence-corrected chi connectivity index (χ4v) is 4.10. The Kier molecular flexibility index (Phi) is 8.70. The Bertz CT molecular complexity index is 1090. The Balaban J connectivity index is 1.41. The van der Waals surface area contributed by atoms with Crippen LogP contribution in [0.25, 0.3) is 11.1 Å². The fourth-order valence-electron chi connectivity index (χ4n) is 3.13. The Morgan fingerprint density at radius 1 is 0.941 bits per heavy atom. The number of esters is 1. The van der Waals surface area contributed by atoms with Crippen LogP contribution in [0.5, 0.6) is 5.75 Å². The van der Waals surface area contributed by atoms with E-state index in [1.165, 1.54) is 30.6 Å². The second-order valence-corrected chi connectivity index (χ2v) is 8.57. The van der Waals surface area contributed by atoms with E-state index in [2.05, 4.69) is 10.1 Å². The van der Waals surface area contributed by atoms with E-state index in [1.807, 2.05) is 18.2 Å². The van der Waals surface area contributed by atoms with Crippen LogP contribution in [0.15, 0.2) is 60.7 Å². The molecule has 0 aliphatic carbocycles. The zero-order chi connectivity index (χ0) is 24.6. The molecule has 5 nitrogen and oxygen atoms in total. The van der Waals surface area contributed by atoms with Gasteiger partial charge in [0.2, 0.25) is 0 Å². The van der Waals surface area contributed by atoms with Crippen molar-refractivity contribution in [2.24, 2.45) is 0 Å². The minimum absolute atomic E-state index is 0.128. The summed E-state index contributed by atoms with van der Waals surface area (Å²) in [7, 11) is 1.30. The molecular weight excluding hydrogens is 467 g/mol. The van der Waals surface area contributed by atoms with Crippen molar-refractivity contribution in [3.63, 3.8) is 0 Å². The average molecular weight is 492 g/mol. The van der Waals surface area contributed by atoms with Gasteiger partial charge in [-0.05, 0) is 60.4 Å². The second kappa shape index (κ2) is 11.7. The summed E-state index contributed by atoms with van der Waals surface area (Å²) in [5, 5.41) is 2.69. The van der Waals surface area contributed by atoms with Gasteiger partial charge in [-0.3, -0.25) is 9.59 Å². The number of alkyl halides is 3. The van der Waals surface area contributed by atoms with Gasteiger partial charge in [-0.15, -0.1) is 11.3 Å². The molecule has 34 heavy (non-hydrogen) atoms. The highest BCUT2D eigenvalue weighted by Gasteiger charge is 2.29. The van der Waals surface area contributed by atoms with Gasteiger partial charge in [-0.1, -0.05) is 24.3 Å². The number of methoxy groups -OCH3 is 1. The van der Waals surface area contributed by atoms with Crippen molar-refractivity contribution in [3.05, 3.63) is 76.0 Å². The SMILES string of the molecule is COC(=O)CCNC(=O)c1ccc(CCCOc2ccc(-c3ccc(C(F)(F)F)cc3)cc2)s1. The lowest BCUT2D eigenvalue weighted by Gasteiger charge is -2.09. The van der Waals surface area contributed by atoms with Crippen molar-refractivity contribution in [1.82, 2.24) is 5.32 Å². The van der Waals surface area contributed by atoms with Gasteiger partial charge in [-0.25, -0.2) is 0 Å². The maximum Gasteiger partial charge on any atom is 0.416 e. The normalized spacial score (nSPS) is 11.2. The number of amides is 1. The molecule has 2 aromatic carbocycles. The van der Waals surface area contributed by atoms with Crippen LogP contribution in [0.4, 0.5) is 13.2 Å². The first-order valence-electron chi connectivity index (χ1n) is 10.6. The number of hydrogen-bond acceptors (Lipinski definition) is 5. The van der Waals surface area contributed by atoms with E-state index in [9.17, 15) is 22.8 Å². The number of halogens is 3. The van der Waals surface area contributed by atoms with Crippen molar-refractivity contribution in [2.45, 2.75) is 25.4 Å². The standard InChI is InChI=1S/C25H24F3NO4S/c1-32-23(30)14-15-29-24(31)22-13-12-21(34-22)3-2-16-33-20-10-6-18(7-11-20)17-4-8-19(9-5-17)25(26,27)28/h4-13H,2-3,14-16H2,1H3,(H,29,31). The van der Waals surface area contributed by atoms with Gasteiger partial charge >= 0.3 is 12.1 Å². The number of rotatable bonds is 10. The molecule has 0 aliphatic rings. The van der Waals surface area contributed by atoms with E-state index in [0.29, 0.717) is 22.8 Å². The summed E-state index contributed by atoms with van der Waals surface area (Å²) >= 11 is 1.40. The van der Waals surface area contributed by atoms with Crippen LogP contribution in [0.1, 0.15) is 33.0 Å². The van der Waals surface area contributed by atoms with Gasteiger partial charge < -0.3 is 14.8 Å². The molecule has 0 saturated heterocycles. The summed E-state index contributed by atoms with van der Waals surface area (Å²) in [5.74, 6) is 0.0819. The van der Waals surface area contributed by atoms with E-state index < -0.39 is 11.7 Å². The van der Waals surface area contributed by atoms with Gasteiger partial charge in [-0.2, -0.15) is 13.2 Å². The number of nitrogens with one attached hydrogen (secondary N) is 1. The second-order valence-electron chi connectivity index (χ2n) is 7.40. The highest BCUT2D eigenvalue weighted by atomic mass is 32.1. The predicted molar refractivity (Wildman–Crippen MR) is 124 cm³/mol. The molecule has 9 heteroatoms. The van der Waals surface area contributed by atoms with E-state index >= 15 is 0 Å². The molecule has 1 amide bonds. The van der Waals surface area contributed by atoms with Crippen LogP contribution >= 0.6 is 11.3 Å². The lowest BCUT2D eigenvalue weighted by molar-refractivity contribution is -0.140. The monoisotopic (exact) mass is 491 g/mol. The summed E-state index contributed by atoms with van der Waals surface area (Å²) in [6.45, 7) is 0.711. The topological polar surface area (TPSA) is 64.6 Å². The van der Waals surface area contributed by atoms with Crippen LogP contribution < -0.4 is 10.1 Å². The number of ether oxygens (including phenoxy) is 2. The fraction of sp³-hybridized carbons (Fsp3) is 0.280. The first-order valence-corrected chi connectivity index (χ1v) is 11.4. The Labute approximate surface area is 199 Å². The minimum Gasteiger partial charge on any atom is -0.494 e. The third-order valence-electron chi connectivity index (χ3n) is 4.96. The van der Waals surface area contributed by atoms with E-state index in [-0.39, 0.29) is 24.8 Å². The molecule has 0 saturated carbocycles. The Hall–Kier alpha value is -3.33. The van der Waals surface area contributed by atoms with Crippen LogP contribution in [-0.4, -0.2) is 32.1 Å². The molecule has 1 heterocycles. The molecule has 0 fully saturated rings. The quantitative estimate of drug-likeness (QED) is 0.290. The van der Waals surface area contributed by atoms with Crippen molar-refractivity contribution < 1.29 is 32.2 Å². The number of hydrogen-bond donors (Lipinski definition) is 1. The van der Waals surface area contributed by atoms with Gasteiger partial charge in [0.1, 0.15) is 5.75 Å². The van der Waals surface area contributed by atoms with Gasteiger partial charge in [0.15, 0.2) is 0 Å². The molecule has 3 aromatic rings. The largest absolute Gasteiger partial charge is 0.494 e. The molecule has 180 valence electrons. The van der Waals surface area contributed by atoms with Crippen LogP contribution in [0.2, 0.25) is 0 Å². The highest BCUT2D eigenvalue weighted by molar-refractivity contribution is 7.14. The zero-order valence-corrected chi connectivity index (χ0v) is 19.3. The third kappa shape index (κ3) is 7.34. The van der Waals surface area contributed by atoms with E-state index in [0.717, 1.165) is 35.4 Å². The Morgan fingerprint density at radius 2 is 1.59 bits per heavy atom. The molecule has 1 N–H and O–H groups in total. The molecule has 0 aliphatic heterocycles. The summed E-state index contributed by atoms with van der Waals surface area (Å²) in [5.41, 5.74) is 0.827. The highest BCUT2D eigenvalue weighted by Crippen LogP contribution is 2.31.